The monoisotopic (exact) mass is 164 g/mol. The molecule has 0 atom stereocenters. The molecule has 0 radical (unpaired) electrons. The van der Waals surface area contributed by atoms with E-state index in [9.17, 15) is 0 Å². The van der Waals surface area contributed by atoms with Gasteiger partial charge in [-0.2, -0.15) is 0 Å². The lowest BCUT2D eigenvalue weighted by Gasteiger charge is -2.14. The third kappa shape index (κ3) is 1.59. The van der Waals surface area contributed by atoms with Crippen LogP contribution in [0, 0.1) is 0 Å². The molecule has 1 aliphatic heterocycles. The Morgan fingerprint density at radius 3 is 3.00 bits per heavy atom. The van der Waals surface area contributed by atoms with E-state index in [2.05, 4.69) is 0 Å². The Morgan fingerprint density at radius 2 is 2.00 bits per heavy atom. The highest BCUT2D eigenvalue weighted by Gasteiger charge is 2.05. The third-order valence-electron chi connectivity index (χ3n) is 1.92. The molecule has 64 valence electrons. The van der Waals surface area contributed by atoms with Gasteiger partial charge >= 0.3 is 0 Å². The van der Waals surface area contributed by atoms with Crippen molar-refractivity contribution in [2.24, 2.45) is 0 Å². The number of fused-ring (bicyclic) bond motifs is 1. The molecule has 2 rings (SSSR count). The Bertz CT molecular complexity index is 231. The SMILES string of the molecule is c1ccc2c(c1)COCCCO2. The molecule has 2 heteroatoms. The summed E-state index contributed by atoms with van der Waals surface area (Å²) in [6.45, 7) is 2.24. The summed E-state index contributed by atoms with van der Waals surface area (Å²) in [6, 6.07) is 8.03. The van der Waals surface area contributed by atoms with Crippen LogP contribution in [0.5, 0.6) is 5.75 Å². The van der Waals surface area contributed by atoms with Crippen molar-refractivity contribution in [2.75, 3.05) is 13.2 Å². The molecule has 0 fully saturated rings. The van der Waals surface area contributed by atoms with Crippen molar-refractivity contribution < 1.29 is 9.47 Å². The smallest absolute Gasteiger partial charge is 0.124 e. The predicted molar refractivity (Wildman–Crippen MR) is 46.2 cm³/mol. The van der Waals surface area contributed by atoms with Gasteiger partial charge in [0.15, 0.2) is 0 Å². The van der Waals surface area contributed by atoms with Crippen molar-refractivity contribution in [3.8, 4) is 5.75 Å². The highest BCUT2D eigenvalue weighted by atomic mass is 16.5. The average Bonchev–Trinajstić information content (AvgIpc) is 2.06. The van der Waals surface area contributed by atoms with E-state index in [1.54, 1.807) is 0 Å². The molecule has 0 amide bonds. The minimum atomic E-state index is 0.677. The van der Waals surface area contributed by atoms with Gasteiger partial charge in [-0.25, -0.2) is 0 Å². The van der Waals surface area contributed by atoms with Gasteiger partial charge in [0.25, 0.3) is 0 Å². The zero-order valence-corrected chi connectivity index (χ0v) is 6.95. The number of ether oxygens (including phenoxy) is 2. The Hall–Kier alpha value is -1.02. The molecule has 0 saturated heterocycles. The third-order valence-corrected chi connectivity index (χ3v) is 1.92. The van der Waals surface area contributed by atoms with Gasteiger partial charge < -0.3 is 9.47 Å². The summed E-state index contributed by atoms with van der Waals surface area (Å²) >= 11 is 0. The van der Waals surface area contributed by atoms with Crippen molar-refractivity contribution in [1.82, 2.24) is 0 Å². The van der Waals surface area contributed by atoms with E-state index in [4.69, 9.17) is 9.47 Å². The first-order chi connectivity index (χ1) is 5.97. The van der Waals surface area contributed by atoms with E-state index in [0.717, 1.165) is 30.9 Å². The number of benzene rings is 1. The molecular weight excluding hydrogens is 152 g/mol. The van der Waals surface area contributed by atoms with Gasteiger partial charge in [-0.1, -0.05) is 18.2 Å². The lowest BCUT2D eigenvalue weighted by molar-refractivity contribution is 0.0936. The molecule has 1 aromatic carbocycles. The minimum absolute atomic E-state index is 0.677. The van der Waals surface area contributed by atoms with Gasteiger partial charge in [0.05, 0.1) is 19.8 Å². The minimum Gasteiger partial charge on any atom is -0.493 e. The summed E-state index contributed by atoms with van der Waals surface area (Å²) < 4.78 is 11.0. The Kier molecular flexibility index (Phi) is 2.28. The second-order valence-corrected chi connectivity index (χ2v) is 2.86. The average molecular weight is 164 g/mol. The standard InChI is InChI=1S/C10H12O2/c1-2-5-10-9(4-1)8-11-6-3-7-12-10/h1-2,4-5H,3,6-8H2. The maximum atomic E-state index is 5.55. The highest BCUT2D eigenvalue weighted by Crippen LogP contribution is 2.20. The molecule has 1 aromatic rings. The van der Waals surface area contributed by atoms with Gasteiger partial charge in [0, 0.05) is 12.0 Å². The van der Waals surface area contributed by atoms with Crippen molar-refractivity contribution in [2.45, 2.75) is 13.0 Å². The fourth-order valence-corrected chi connectivity index (χ4v) is 1.29. The van der Waals surface area contributed by atoms with Crippen molar-refractivity contribution in [3.63, 3.8) is 0 Å². The van der Waals surface area contributed by atoms with Gasteiger partial charge in [-0.15, -0.1) is 0 Å². The lowest BCUT2D eigenvalue weighted by atomic mass is 10.2. The molecule has 0 N–H and O–H groups in total. The van der Waals surface area contributed by atoms with Crippen LogP contribution in [0.25, 0.3) is 0 Å². The van der Waals surface area contributed by atoms with Crippen molar-refractivity contribution in [3.05, 3.63) is 29.8 Å². The van der Waals surface area contributed by atoms with Crippen LogP contribution in [-0.2, 0) is 11.3 Å². The van der Waals surface area contributed by atoms with Crippen molar-refractivity contribution >= 4 is 0 Å². The maximum absolute atomic E-state index is 5.55. The van der Waals surface area contributed by atoms with Crippen LogP contribution in [-0.4, -0.2) is 13.2 Å². The normalized spacial score (nSPS) is 17.0. The first kappa shape index (κ1) is 7.62. The van der Waals surface area contributed by atoms with Crippen LogP contribution in [0.15, 0.2) is 24.3 Å². The van der Waals surface area contributed by atoms with Crippen LogP contribution in [0.4, 0.5) is 0 Å². The van der Waals surface area contributed by atoms with Crippen LogP contribution >= 0.6 is 0 Å². The van der Waals surface area contributed by atoms with E-state index in [1.165, 1.54) is 0 Å². The summed E-state index contributed by atoms with van der Waals surface area (Å²) in [5.41, 5.74) is 1.15. The summed E-state index contributed by atoms with van der Waals surface area (Å²) in [5.74, 6) is 0.970. The molecule has 2 nitrogen and oxygen atoms in total. The van der Waals surface area contributed by atoms with Crippen LogP contribution in [0.3, 0.4) is 0 Å². The van der Waals surface area contributed by atoms with E-state index in [1.807, 2.05) is 24.3 Å². The zero-order chi connectivity index (χ0) is 8.23. The molecule has 0 aliphatic carbocycles. The number of hydrogen-bond donors (Lipinski definition) is 0. The number of para-hydroxylation sites is 1. The Labute approximate surface area is 72.1 Å². The van der Waals surface area contributed by atoms with Crippen LogP contribution in [0.1, 0.15) is 12.0 Å². The number of rotatable bonds is 0. The Morgan fingerprint density at radius 1 is 1.08 bits per heavy atom. The zero-order valence-electron chi connectivity index (χ0n) is 6.95. The molecular formula is C10H12O2. The van der Waals surface area contributed by atoms with Crippen LogP contribution < -0.4 is 4.74 Å². The van der Waals surface area contributed by atoms with Gasteiger partial charge in [-0.05, 0) is 6.07 Å². The quantitative estimate of drug-likeness (QED) is 0.583. The lowest BCUT2D eigenvalue weighted by Crippen LogP contribution is -2.08. The predicted octanol–water partition coefficient (Wildman–Crippen LogP) is 1.99. The first-order valence-electron chi connectivity index (χ1n) is 4.25. The molecule has 0 bridgehead atoms. The fraction of sp³-hybridized carbons (Fsp3) is 0.400. The molecule has 1 aliphatic rings. The van der Waals surface area contributed by atoms with E-state index < -0.39 is 0 Å². The van der Waals surface area contributed by atoms with E-state index >= 15 is 0 Å². The first-order valence-corrected chi connectivity index (χ1v) is 4.25. The van der Waals surface area contributed by atoms with Crippen molar-refractivity contribution in [1.29, 1.82) is 0 Å². The topological polar surface area (TPSA) is 18.5 Å². The van der Waals surface area contributed by atoms with Gasteiger partial charge in [0.2, 0.25) is 0 Å². The van der Waals surface area contributed by atoms with Gasteiger partial charge in [-0.3, -0.25) is 0 Å². The van der Waals surface area contributed by atoms with E-state index in [0.29, 0.717) is 6.61 Å². The molecule has 12 heavy (non-hydrogen) atoms. The highest BCUT2D eigenvalue weighted by molar-refractivity contribution is 5.32. The summed E-state index contributed by atoms with van der Waals surface area (Å²) in [5, 5.41) is 0. The summed E-state index contributed by atoms with van der Waals surface area (Å²) in [6.07, 6.45) is 0.980. The van der Waals surface area contributed by atoms with Gasteiger partial charge in [0.1, 0.15) is 5.75 Å². The summed E-state index contributed by atoms with van der Waals surface area (Å²) in [7, 11) is 0. The second kappa shape index (κ2) is 3.59. The molecule has 1 heterocycles. The van der Waals surface area contributed by atoms with E-state index in [-0.39, 0.29) is 0 Å². The molecule has 0 saturated carbocycles. The largest absolute Gasteiger partial charge is 0.493 e. The second-order valence-electron chi connectivity index (χ2n) is 2.86. The summed E-state index contributed by atoms with van der Waals surface area (Å²) in [4.78, 5) is 0. The maximum Gasteiger partial charge on any atom is 0.124 e. The Balaban J connectivity index is 2.24. The molecule has 0 unspecified atom stereocenters. The van der Waals surface area contributed by atoms with Crippen LogP contribution in [0.2, 0.25) is 0 Å². The fourth-order valence-electron chi connectivity index (χ4n) is 1.29. The molecule has 0 aromatic heterocycles. The molecule has 0 spiro atoms. The number of hydrogen-bond acceptors (Lipinski definition) is 2.